The summed E-state index contributed by atoms with van der Waals surface area (Å²) in [5.41, 5.74) is 7.21. The van der Waals surface area contributed by atoms with Gasteiger partial charge in [0.1, 0.15) is 0 Å². The van der Waals surface area contributed by atoms with Gasteiger partial charge in [0.15, 0.2) is 0 Å². The molecule has 0 spiro atoms. The molecule has 0 radical (unpaired) electrons. The zero-order chi connectivity index (χ0) is 14.9. The zero-order valence-electron chi connectivity index (χ0n) is 13.5. The first-order valence-electron chi connectivity index (χ1n) is 8.54. The number of nitrogens with two attached hydrogens (primary N) is 1. The Morgan fingerprint density at radius 2 is 1.90 bits per heavy atom. The zero-order valence-corrected chi connectivity index (χ0v) is 13.5. The molecule has 21 heavy (non-hydrogen) atoms. The first kappa shape index (κ1) is 16.5. The fourth-order valence-corrected chi connectivity index (χ4v) is 3.35. The molecule has 1 aromatic rings. The first-order valence-corrected chi connectivity index (χ1v) is 8.54. The van der Waals surface area contributed by atoms with E-state index in [4.69, 9.17) is 5.73 Å². The minimum atomic E-state index is 0.684. The van der Waals surface area contributed by atoms with Crippen LogP contribution in [-0.4, -0.2) is 55.1 Å². The maximum atomic E-state index is 5.75. The van der Waals surface area contributed by atoms with Gasteiger partial charge in [-0.25, -0.2) is 0 Å². The summed E-state index contributed by atoms with van der Waals surface area (Å²) < 4.78 is 0. The molecule has 0 bridgehead atoms. The van der Waals surface area contributed by atoms with Gasteiger partial charge in [0.25, 0.3) is 0 Å². The van der Waals surface area contributed by atoms with Gasteiger partial charge < -0.3 is 10.6 Å². The normalized spacial score (nSPS) is 19.3. The molecule has 118 valence electrons. The number of benzene rings is 1. The number of rotatable bonds is 7. The largest absolute Gasteiger partial charge is 0.330 e. The molecule has 0 aromatic heterocycles. The molecule has 1 atom stereocenters. The van der Waals surface area contributed by atoms with E-state index < -0.39 is 0 Å². The molecule has 1 aliphatic rings. The van der Waals surface area contributed by atoms with Crippen molar-refractivity contribution in [3.05, 3.63) is 35.9 Å². The van der Waals surface area contributed by atoms with E-state index in [2.05, 4.69) is 47.1 Å². The van der Waals surface area contributed by atoms with Crippen LogP contribution in [0.5, 0.6) is 0 Å². The molecule has 1 fully saturated rings. The highest BCUT2D eigenvalue weighted by Gasteiger charge is 2.20. The lowest BCUT2D eigenvalue weighted by Gasteiger charge is -2.29. The lowest BCUT2D eigenvalue weighted by Crippen LogP contribution is -2.39. The fourth-order valence-electron chi connectivity index (χ4n) is 3.35. The van der Waals surface area contributed by atoms with Crippen LogP contribution in [0.4, 0.5) is 0 Å². The minimum Gasteiger partial charge on any atom is -0.330 e. The van der Waals surface area contributed by atoms with Crippen LogP contribution in [0.1, 0.15) is 31.7 Å². The molecule has 3 heteroatoms. The summed E-state index contributed by atoms with van der Waals surface area (Å²) in [7, 11) is 0. The van der Waals surface area contributed by atoms with Crippen molar-refractivity contribution >= 4 is 0 Å². The van der Waals surface area contributed by atoms with E-state index in [1.54, 1.807) is 0 Å². The first-order chi connectivity index (χ1) is 10.3. The molecule has 1 heterocycles. The smallest absolute Gasteiger partial charge is 0.0112 e. The Balaban J connectivity index is 1.78. The third-order valence-electron chi connectivity index (χ3n) is 4.67. The van der Waals surface area contributed by atoms with Gasteiger partial charge in [0.05, 0.1) is 0 Å². The summed E-state index contributed by atoms with van der Waals surface area (Å²) >= 11 is 0. The van der Waals surface area contributed by atoms with E-state index >= 15 is 0 Å². The molecule has 1 saturated heterocycles. The monoisotopic (exact) mass is 289 g/mol. The van der Waals surface area contributed by atoms with E-state index in [9.17, 15) is 0 Å². The Bertz CT molecular complexity index is 379. The van der Waals surface area contributed by atoms with Gasteiger partial charge >= 0.3 is 0 Å². The van der Waals surface area contributed by atoms with Crippen LogP contribution in [0, 0.1) is 0 Å². The lowest BCUT2D eigenvalue weighted by molar-refractivity contribution is 0.186. The molecular formula is C18H31N3. The molecule has 2 rings (SSSR count). The van der Waals surface area contributed by atoms with Crippen LogP contribution in [0.25, 0.3) is 0 Å². The van der Waals surface area contributed by atoms with Crippen molar-refractivity contribution in [2.24, 2.45) is 5.73 Å². The minimum absolute atomic E-state index is 0.684. The van der Waals surface area contributed by atoms with Gasteiger partial charge in [-0.3, -0.25) is 4.90 Å². The molecular weight excluding hydrogens is 258 g/mol. The highest BCUT2D eigenvalue weighted by Crippen LogP contribution is 2.13. The third-order valence-corrected chi connectivity index (χ3v) is 4.67. The average molecular weight is 289 g/mol. The van der Waals surface area contributed by atoms with E-state index in [1.165, 1.54) is 57.5 Å². The Kier molecular flexibility index (Phi) is 7.20. The molecule has 3 nitrogen and oxygen atoms in total. The number of hydrogen-bond donors (Lipinski definition) is 1. The maximum Gasteiger partial charge on any atom is 0.0112 e. The molecule has 1 aliphatic heterocycles. The van der Waals surface area contributed by atoms with Crippen molar-refractivity contribution in [1.82, 2.24) is 9.80 Å². The van der Waals surface area contributed by atoms with Gasteiger partial charge in [0, 0.05) is 25.7 Å². The van der Waals surface area contributed by atoms with Gasteiger partial charge in [-0.15, -0.1) is 0 Å². The second kappa shape index (κ2) is 9.19. The molecule has 0 saturated carbocycles. The van der Waals surface area contributed by atoms with Crippen molar-refractivity contribution in [2.75, 3.05) is 39.3 Å². The van der Waals surface area contributed by atoms with E-state index in [0.717, 1.165) is 13.0 Å². The van der Waals surface area contributed by atoms with Gasteiger partial charge in [-0.05, 0) is 50.9 Å². The summed E-state index contributed by atoms with van der Waals surface area (Å²) in [6, 6.07) is 11.5. The van der Waals surface area contributed by atoms with Crippen LogP contribution in [0.15, 0.2) is 30.3 Å². The van der Waals surface area contributed by atoms with Crippen molar-refractivity contribution in [3.8, 4) is 0 Å². The van der Waals surface area contributed by atoms with E-state index in [-0.39, 0.29) is 0 Å². The van der Waals surface area contributed by atoms with Crippen LogP contribution >= 0.6 is 0 Å². The van der Waals surface area contributed by atoms with E-state index in [0.29, 0.717) is 6.04 Å². The lowest BCUT2D eigenvalue weighted by atomic mass is 10.1. The Labute approximate surface area is 130 Å². The summed E-state index contributed by atoms with van der Waals surface area (Å²) in [6.45, 7) is 9.17. The summed E-state index contributed by atoms with van der Waals surface area (Å²) in [4.78, 5) is 5.29. The number of hydrogen-bond acceptors (Lipinski definition) is 3. The van der Waals surface area contributed by atoms with Crippen molar-refractivity contribution in [2.45, 2.75) is 38.6 Å². The van der Waals surface area contributed by atoms with Crippen molar-refractivity contribution in [3.63, 3.8) is 0 Å². The van der Waals surface area contributed by atoms with Crippen molar-refractivity contribution < 1.29 is 0 Å². The van der Waals surface area contributed by atoms with Gasteiger partial charge in [0.2, 0.25) is 0 Å². The predicted molar refractivity (Wildman–Crippen MR) is 90.5 cm³/mol. The van der Waals surface area contributed by atoms with E-state index in [1.807, 2.05) is 0 Å². The third kappa shape index (κ3) is 5.42. The Hall–Kier alpha value is -0.900. The summed E-state index contributed by atoms with van der Waals surface area (Å²) in [6.07, 6.45) is 4.82. The fraction of sp³-hybridized carbons (Fsp3) is 0.667. The maximum absolute atomic E-state index is 5.75. The topological polar surface area (TPSA) is 32.5 Å². The van der Waals surface area contributed by atoms with Crippen molar-refractivity contribution in [1.29, 1.82) is 0 Å². The highest BCUT2D eigenvalue weighted by atomic mass is 15.2. The molecule has 1 aromatic carbocycles. The molecule has 0 aliphatic carbocycles. The summed E-state index contributed by atoms with van der Waals surface area (Å²) in [5.74, 6) is 0. The summed E-state index contributed by atoms with van der Waals surface area (Å²) in [5, 5.41) is 0. The second-order valence-electron chi connectivity index (χ2n) is 6.11. The SMILES string of the molecule is CCC(CCN)N1CCCN(CCc2ccccc2)CC1. The van der Waals surface area contributed by atoms with Gasteiger partial charge in [-0.2, -0.15) is 0 Å². The quantitative estimate of drug-likeness (QED) is 0.836. The van der Waals surface area contributed by atoms with Crippen LogP contribution < -0.4 is 5.73 Å². The predicted octanol–water partition coefficient (Wildman–Crippen LogP) is 2.36. The molecule has 1 unspecified atom stereocenters. The van der Waals surface area contributed by atoms with Crippen LogP contribution in [0.3, 0.4) is 0 Å². The molecule has 0 amide bonds. The van der Waals surface area contributed by atoms with Gasteiger partial charge in [-0.1, -0.05) is 37.3 Å². The Morgan fingerprint density at radius 3 is 2.62 bits per heavy atom. The Morgan fingerprint density at radius 1 is 1.10 bits per heavy atom. The standard InChI is InChI=1S/C18H31N3/c1-2-18(9-11-19)21-13-6-12-20(15-16-21)14-10-17-7-4-3-5-8-17/h3-5,7-8,18H,2,6,9-16,19H2,1H3. The number of nitrogens with zero attached hydrogens (tertiary/aromatic N) is 2. The molecule has 2 N–H and O–H groups in total. The highest BCUT2D eigenvalue weighted by molar-refractivity contribution is 5.14. The second-order valence-corrected chi connectivity index (χ2v) is 6.11. The van der Waals surface area contributed by atoms with Crippen LogP contribution in [0.2, 0.25) is 0 Å². The van der Waals surface area contributed by atoms with Crippen LogP contribution in [-0.2, 0) is 6.42 Å². The average Bonchev–Trinajstić information content (AvgIpc) is 2.77.